The number of nitrogens with zero attached hydrogens (tertiary/aromatic N) is 1. The van der Waals surface area contributed by atoms with Crippen LogP contribution >= 0.6 is 0 Å². The molecule has 1 unspecified atom stereocenters. The van der Waals surface area contributed by atoms with E-state index in [1.807, 2.05) is 6.07 Å². The Morgan fingerprint density at radius 1 is 0.806 bits per heavy atom. The van der Waals surface area contributed by atoms with Gasteiger partial charge in [-0.25, -0.2) is 0 Å². The largest absolute Gasteiger partial charge is 0.399 e. The number of rotatable bonds is 9. The Morgan fingerprint density at radius 2 is 1.36 bits per heavy atom. The summed E-state index contributed by atoms with van der Waals surface area (Å²) in [5, 5.41) is 4.40. The van der Waals surface area contributed by atoms with Gasteiger partial charge in [-0.1, -0.05) is 91.0 Å². The fourth-order valence-corrected chi connectivity index (χ4v) is 10.5. The molecule has 0 saturated carbocycles. The summed E-state index contributed by atoms with van der Waals surface area (Å²) in [5.74, 6) is 0. The van der Waals surface area contributed by atoms with Crippen LogP contribution in [0.1, 0.15) is 18.4 Å². The molecule has 4 heteroatoms. The zero-order valence-corrected chi connectivity index (χ0v) is 22.1. The summed E-state index contributed by atoms with van der Waals surface area (Å²) in [7, 11) is -2.18. The summed E-state index contributed by atoms with van der Waals surface area (Å²) in [6, 6.07) is 40.9. The highest BCUT2D eigenvalue weighted by molar-refractivity contribution is 7.11. The van der Waals surface area contributed by atoms with E-state index in [0.29, 0.717) is 0 Å². The lowest BCUT2D eigenvalue weighted by molar-refractivity contribution is 0.0687. The molecule has 5 rings (SSSR count). The van der Waals surface area contributed by atoms with Gasteiger partial charge in [-0.3, -0.25) is 0 Å². The average molecular weight is 493 g/mol. The average Bonchev–Trinajstić information content (AvgIpc) is 3.41. The van der Waals surface area contributed by atoms with Gasteiger partial charge in [-0.2, -0.15) is 0 Å². The van der Waals surface area contributed by atoms with E-state index in [-0.39, 0.29) is 6.10 Å². The summed E-state index contributed by atoms with van der Waals surface area (Å²) in [5.41, 5.74) is 9.26. The van der Waals surface area contributed by atoms with Crippen molar-refractivity contribution in [2.75, 3.05) is 30.3 Å². The van der Waals surface area contributed by atoms with Crippen molar-refractivity contribution in [1.29, 1.82) is 0 Å². The summed E-state index contributed by atoms with van der Waals surface area (Å²) >= 11 is 0. The van der Waals surface area contributed by atoms with E-state index in [0.717, 1.165) is 49.8 Å². The Balaban J connectivity index is 1.31. The van der Waals surface area contributed by atoms with Crippen LogP contribution in [0.4, 0.5) is 11.4 Å². The second-order valence-electron chi connectivity index (χ2n) is 9.88. The lowest BCUT2D eigenvalue weighted by Crippen LogP contribution is -2.67. The van der Waals surface area contributed by atoms with Crippen LogP contribution < -0.4 is 26.2 Å². The predicted molar refractivity (Wildman–Crippen MR) is 156 cm³/mol. The summed E-state index contributed by atoms with van der Waals surface area (Å²) in [4.78, 5) is 2.42. The van der Waals surface area contributed by atoms with Crippen LogP contribution in [0.5, 0.6) is 0 Å². The Kier molecular flexibility index (Phi) is 7.54. The second-order valence-corrected chi connectivity index (χ2v) is 13.9. The molecule has 184 valence electrons. The number of hydrogen-bond acceptors (Lipinski definition) is 3. The van der Waals surface area contributed by atoms with Gasteiger partial charge in [0.05, 0.1) is 6.10 Å². The highest BCUT2D eigenvalue weighted by Gasteiger charge is 2.38. The SMILES string of the molecule is Cc1cc(N2CCC(OCCC[Si](c3ccccc3)(c3ccccc3)c3ccccc3)C2)ccc1N. The number of ether oxygens (including phenoxy) is 1. The van der Waals surface area contributed by atoms with E-state index in [2.05, 4.69) is 115 Å². The molecular weight excluding hydrogens is 456 g/mol. The Hall–Kier alpha value is -3.34. The lowest BCUT2D eigenvalue weighted by Gasteiger charge is -2.34. The molecule has 1 aliphatic heterocycles. The smallest absolute Gasteiger partial charge is 0.148 e. The number of aryl methyl sites for hydroxylation is 1. The van der Waals surface area contributed by atoms with Crippen LogP contribution in [0.25, 0.3) is 0 Å². The third-order valence-electron chi connectivity index (χ3n) is 7.61. The van der Waals surface area contributed by atoms with E-state index < -0.39 is 8.07 Å². The van der Waals surface area contributed by atoms with Gasteiger partial charge in [0, 0.05) is 31.1 Å². The van der Waals surface area contributed by atoms with E-state index in [1.54, 1.807) is 0 Å². The molecule has 1 fully saturated rings. The van der Waals surface area contributed by atoms with Gasteiger partial charge < -0.3 is 15.4 Å². The minimum atomic E-state index is -2.18. The third kappa shape index (κ3) is 5.11. The molecule has 0 amide bonds. The Morgan fingerprint density at radius 3 is 1.89 bits per heavy atom. The quantitative estimate of drug-likeness (QED) is 0.159. The molecule has 0 bridgehead atoms. The molecule has 2 N–H and O–H groups in total. The molecule has 0 aromatic heterocycles. The fraction of sp³-hybridized carbons (Fsp3) is 0.250. The maximum Gasteiger partial charge on any atom is 0.148 e. The van der Waals surface area contributed by atoms with Crippen molar-refractivity contribution in [1.82, 2.24) is 0 Å². The van der Waals surface area contributed by atoms with Gasteiger partial charge in [0.15, 0.2) is 0 Å². The molecule has 36 heavy (non-hydrogen) atoms. The Bertz CT molecular complexity index is 1150. The molecule has 1 atom stereocenters. The van der Waals surface area contributed by atoms with Gasteiger partial charge in [0.2, 0.25) is 0 Å². The van der Waals surface area contributed by atoms with Crippen LogP contribution in [-0.4, -0.2) is 33.9 Å². The van der Waals surface area contributed by atoms with Crippen molar-refractivity contribution in [2.45, 2.75) is 31.9 Å². The predicted octanol–water partition coefficient (Wildman–Crippen LogP) is 4.73. The number of nitrogens with two attached hydrogens (primary N) is 1. The van der Waals surface area contributed by atoms with Crippen molar-refractivity contribution in [3.05, 3.63) is 115 Å². The number of hydrogen-bond donors (Lipinski definition) is 1. The normalized spacial score (nSPS) is 15.8. The van der Waals surface area contributed by atoms with Gasteiger partial charge in [-0.15, -0.1) is 0 Å². The molecule has 0 aliphatic carbocycles. The van der Waals surface area contributed by atoms with Gasteiger partial charge >= 0.3 is 0 Å². The maximum atomic E-state index is 6.47. The van der Waals surface area contributed by atoms with E-state index in [1.165, 1.54) is 21.2 Å². The summed E-state index contributed by atoms with van der Waals surface area (Å²) < 4.78 is 6.47. The van der Waals surface area contributed by atoms with E-state index >= 15 is 0 Å². The fourth-order valence-electron chi connectivity index (χ4n) is 5.64. The maximum absolute atomic E-state index is 6.47. The van der Waals surface area contributed by atoms with Gasteiger partial charge in [0.25, 0.3) is 0 Å². The molecule has 4 aromatic rings. The summed E-state index contributed by atoms with van der Waals surface area (Å²) in [6.45, 7) is 4.85. The monoisotopic (exact) mass is 492 g/mol. The standard InChI is InChI=1S/C32H36N2OSi/c1-26-24-27(18-19-32(26)33)34-21-20-28(25-34)35-22-11-23-36(29-12-5-2-6-13-29,30-14-7-3-8-15-30)31-16-9-4-10-17-31/h2-10,12-19,24,28H,11,20-23,25,33H2,1H3. The third-order valence-corrected chi connectivity index (χ3v) is 12.7. The van der Waals surface area contributed by atoms with Crippen LogP contribution in [0.15, 0.2) is 109 Å². The van der Waals surface area contributed by atoms with Crippen LogP contribution in [0.2, 0.25) is 6.04 Å². The highest BCUT2D eigenvalue weighted by atomic mass is 28.3. The van der Waals surface area contributed by atoms with Crippen LogP contribution in [0, 0.1) is 6.92 Å². The minimum Gasteiger partial charge on any atom is -0.399 e. The lowest BCUT2D eigenvalue weighted by atomic mass is 10.2. The first-order chi connectivity index (χ1) is 17.7. The molecule has 0 radical (unpaired) electrons. The first-order valence-corrected chi connectivity index (χ1v) is 15.3. The minimum absolute atomic E-state index is 0.282. The molecule has 4 aromatic carbocycles. The molecule has 1 heterocycles. The Labute approximate surface area is 216 Å². The van der Waals surface area contributed by atoms with Crippen molar-refractivity contribution in [3.63, 3.8) is 0 Å². The van der Waals surface area contributed by atoms with Gasteiger partial charge in [-0.05, 0) is 65.1 Å². The van der Waals surface area contributed by atoms with E-state index in [4.69, 9.17) is 10.5 Å². The van der Waals surface area contributed by atoms with Crippen LogP contribution in [0.3, 0.4) is 0 Å². The zero-order valence-electron chi connectivity index (χ0n) is 21.1. The first kappa shape index (κ1) is 24.4. The van der Waals surface area contributed by atoms with Crippen molar-refractivity contribution in [2.24, 2.45) is 0 Å². The van der Waals surface area contributed by atoms with E-state index in [9.17, 15) is 0 Å². The zero-order chi connectivity index (χ0) is 24.8. The first-order valence-electron chi connectivity index (χ1n) is 13.1. The second kappa shape index (κ2) is 11.1. The number of nitrogen functional groups attached to an aromatic ring is 1. The van der Waals surface area contributed by atoms with Gasteiger partial charge in [0.1, 0.15) is 8.07 Å². The molecule has 3 nitrogen and oxygen atoms in total. The molecule has 1 saturated heterocycles. The number of anilines is 2. The molecular formula is C32H36N2OSi. The van der Waals surface area contributed by atoms with Crippen molar-refractivity contribution < 1.29 is 4.74 Å². The highest BCUT2D eigenvalue weighted by Crippen LogP contribution is 2.25. The molecule has 1 aliphatic rings. The van der Waals surface area contributed by atoms with Crippen LogP contribution in [-0.2, 0) is 4.74 Å². The number of benzene rings is 4. The topological polar surface area (TPSA) is 38.5 Å². The van der Waals surface area contributed by atoms with Crippen molar-refractivity contribution >= 4 is 35.0 Å². The van der Waals surface area contributed by atoms with Crippen molar-refractivity contribution in [3.8, 4) is 0 Å². The summed E-state index contributed by atoms with van der Waals surface area (Å²) in [6.07, 6.45) is 2.40. The molecule has 0 spiro atoms.